The summed E-state index contributed by atoms with van der Waals surface area (Å²) in [7, 11) is 0. The molecule has 1 aliphatic heterocycles. The molecule has 0 aromatic carbocycles. The Hall–Kier alpha value is -0.780. The van der Waals surface area contributed by atoms with Crippen molar-refractivity contribution in [2.75, 3.05) is 0 Å². The number of fused-ring (bicyclic) bond motifs is 1. The largest absolute Gasteiger partial charge is 0.446 e. The molecule has 6 heteroatoms. The number of nitrogens with zero attached hydrogens (tertiary/aromatic N) is 2. The van der Waals surface area contributed by atoms with E-state index in [1.54, 1.807) is 0 Å². The Morgan fingerprint density at radius 1 is 1.53 bits per heavy atom. The van der Waals surface area contributed by atoms with E-state index in [2.05, 4.69) is 20.9 Å². The summed E-state index contributed by atoms with van der Waals surface area (Å²) in [5.74, 6) is 1.39. The van der Waals surface area contributed by atoms with Crippen LogP contribution in [0.5, 0.6) is 0 Å². The molecule has 1 aliphatic rings. The van der Waals surface area contributed by atoms with Crippen molar-refractivity contribution in [2.24, 2.45) is 5.73 Å². The summed E-state index contributed by atoms with van der Waals surface area (Å²) in [5.41, 5.74) is 7.12. The molecule has 0 spiro atoms. The predicted molar refractivity (Wildman–Crippen MR) is 68.8 cm³/mol. The Balaban J connectivity index is 2.18. The Kier molecular flexibility index (Phi) is 2.77. The summed E-state index contributed by atoms with van der Waals surface area (Å²) < 4.78 is 8.17. The van der Waals surface area contributed by atoms with Gasteiger partial charge in [0.15, 0.2) is 21.4 Å². The van der Waals surface area contributed by atoms with Gasteiger partial charge in [-0.3, -0.25) is 0 Å². The highest BCUT2D eigenvalue weighted by Gasteiger charge is 2.25. The van der Waals surface area contributed by atoms with Crippen LogP contribution in [0.4, 0.5) is 0 Å². The van der Waals surface area contributed by atoms with E-state index in [9.17, 15) is 0 Å². The molecule has 2 aromatic rings. The zero-order valence-electron chi connectivity index (χ0n) is 8.99. The standard InChI is InChI=1S/C11H11BrClN3O/c12-8-5-4-7(17-8)11-15-10(13)6-2-1-3-9(14)16(6)11/h4-5,9H,1-3,14H2. The van der Waals surface area contributed by atoms with E-state index in [1.165, 1.54) is 0 Å². The van der Waals surface area contributed by atoms with Gasteiger partial charge in [-0.2, -0.15) is 0 Å². The van der Waals surface area contributed by atoms with Crippen LogP contribution in [0.2, 0.25) is 5.15 Å². The monoisotopic (exact) mass is 315 g/mol. The van der Waals surface area contributed by atoms with Gasteiger partial charge in [-0.25, -0.2) is 4.98 Å². The fourth-order valence-corrected chi connectivity index (χ4v) is 2.81. The third kappa shape index (κ3) is 1.82. The summed E-state index contributed by atoms with van der Waals surface area (Å²) in [4.78, 5) is 4.36. The molecule has 0 amide bonds. The summed E-state index contributed by atoms with van der Waals surface area (Å²) in [5, 5.41) is 0.530. The van der Waals surface area contributed by atoms with Crippen molar-refractivity contribution in [3.63, 3.8) is 0 Å². The van der Waals surface area contributed by atoms with Gasteiger partial charge in [0.25, 0.3) is 0 Å². The molecule has 1 unspecified atom stereocenters. The number of aromatic nitrogens is 2. The van der Waals surface area contributed by atoms with Crippen LogP contribution in [0.25, 0.3) is 11.6 Å². The van der Waals surface area contributed by atoms with Gasteiger partial charge < -0.3 is 14.7 Å². The van der Waals surface area contributed by atoms with Crippen LogP contribution in [-0.2, 0) is 6.42 Å². The van der Waals surface area contributed by atoms with Gasteiger partial charge in [0.1, 0.15) is 0 Å². The molecule has 90 valence electrons. The van der Waals surface area contributed by atoms with Gasteiger partial charge in [0.05, 0.1) is 11.9 Å². The molecule has 0 aliphatic carbocycles. The molecule has 4 nitrogen and oxygen atoms in total. The molecule has 0 bridgehead atoms. The Bertz CT molecular complexity index is 563. The van der Waals surface area contributed by atoms with Crippen LogP contribution in [0.15, 0.2) is 21.2 Å². The maximum Gasteiger partial charge on any atom is 0.179 e. The van der Waals surface area contributed by atoms with Crippen LogP contribution in [0, 0.1) is 0 Å². The van der Waals surface area contributed by atoms with E-state index in [0.29, 0.717) is 21.4 Å². The van der Waals surface area contributed by atoms with Crippen molar-refractivity contribution < 1.29 is 4.42 Å². The van der Waals surface area contributed by atoms with Crippen molar-refractivity contribution in [2.45, 2.75) is 25.4 Å². The van der Waals surface area contributed by atoms with E-state index in [0.717, 1.165) is 25.0 Å². The van der Waals surface area contributed by atoms with E-state index in [1.807, 2.05) is 16.7 Å². The third-order valence-electron chi connectivity index (χ3n) is 3.00. The minimum absolute atomic E-state index is 0.0716. The second kappa shape index (κ2) is 4.15. The first-order valence-electron chi connectivity index (χ1n) is 5.44. The van der Waals surface area contributed by atoms with Gasteiger partial charge in [0.2, 0.25) is 0 Å². The second-order valence-corrected chi connectivity index (χ2v) is 5.25. The molecular weight excluding hydrogens is 305 g/mol. The van der Waals surface area contributed by atoms with E-state index < -0.39 is 0 Å². The van der Waals surface area contributed by atoms with Gasteiger partial charge in [-0.15, -0.1) is 0 Å². The van der Waals surface area contributed by atoms with Crippen LogP contribution in [-0.4, -0.2) is 9.55 Å². The average Bonchev–Trinajstić information content (AvgIpc) is 2.85. The molecular formula is C11H11BrClN3O. The SMILES string of the molecule is NC1CCCc2c(Cl)nc(-c3ccc(Br)o3)n21. The highest BCUT2D eigenvalue weighted by Crippen LogP contribution is 2.34. The number of hydrogen-bond acceptors (Lipinski definition) is 3. The molecule has 3 rings (SSSR count). The summed E-state index contributed by atoms with van der Waals surface area (Å²) in [6.45, 7) is 0. The lowest BCUT2D eigenvalue weighted by molar-refractivity contribution is 0.413. The number of furan rings is 1. The predicted octanol–water partition coefficient (Wildman–Crippen LogP) is 3.35. The first-order chi connectivity index (χ1) is 8.16. The van der Waals surface area contributed by atoms with E-state index in [-0.39, 0.29) is 6.17 Å². The van der Waals surface area contributed by atoms with E-state index in [4.69, 9.17) is 21.8 Å². The highest BCUT2D eigenvalue weighted by molar-refractivity contribution is 9.10. The summed E-state index contributed by atoms with van der Waals surface area (Å²) in [6, 6.07) is 3.69. The normalized spacial score (nSPS) is 19.4. The minimum Gasteiger partial charge on any atom is -0.446 e. The lowest BCUT2D eigenvalue weighted by Crippen LogP contribution is -2.25. The van der Waals surface area contributed by atoms with E-state index >= 15 is 0 Å². The number of hydrogen-bond donors (Lipinski definition) is 1. The summed E-state index contributed by atoms with van der Waals surface area (Å²) >= 11 is 9.42. The van der Waals surface area contributed by atoms with Gasteiger partial charge in [0, 0.05) is 0 Å². The van der Waals surface area contributed by atoms with Gasteiger partial charge in [-0.1, -0.05) is 11.6 Å². The highest BCUT2D eigenvalue weighted by atomic mass is 79.9. The van der Waals surface area contributed by atoms with Crippen molar-refractivity contribution in [3.05, 3.63) is 27.6 Å². The minimum atomic E-state index is -0.0716. The molecule has 17 heavy (non-hydrogen) atoms. The molecule has 2 aromatic heterocycles. The molecule has 0 radical (unpaired) electrons. The van der Waals surface area contributed by atoms with Crippen LogP contribution in [0.3, 0.4) is 0 Å². The molecule has 0 saturated heterocycles. The Labute approximate surface area is 112 Å². The third-order valence-corrected chi connectivity index (χ3v) is 3.73. The molecule has 2 N–H and O–H groups in total. The van der Waals surface area contributed by atoms with Crippen molar-refractivity contribution in [1.82, 2.24) is 9.55 Å². The lowest BCUT2D eigenvalue weighted by atomic mass is 10.1. The van der Waals surface area contributed by atoms with Crippen LogP contribution < -0.4 is 5.73 Å². The average molecular weight is 317 g/mol. The number of imidazole rings is 1. The quantitative estimate of drug-likeness (QED) is 0.877. The lowest BCUT2D eigenvalue weighted by Gasteiger charge is -2.23. The maximum atomic E-state index is 6.14. The van der Waals surface area contributed by atoms with Crippen LogP contribution in [0.1, 0.15) is 24.7 Å². The van der Waals surface area contributed by atoms with Crippen molar-refractivity contribution in [3.8, 4) is 11.6 Å². The smallest absolute Gasteiger partial charge is 0.179 e. The zero-order chi connectivity index (χ0) is 12.0. The number of rotatable bonds is 1. The van der Waals surface area contributed by atoms with Crippen molar-refractivity contribution in [1.29, 1.82) is 0 Å². The number of nitrogens with two attached hydrogens (primary N) is 1. The molecule has 1 atom stereocenters. The second-order valence-electron chi connectivity index (χ2n) is 4.11. The molecule has 3 heterocycles. The fourth-order valence-electron chi connectivity index (χ4n) is 2.24. The fraction of sp³-hybridized carbons (Fsp3) is 0.364. The Morgan fingerprint density at radius 2 is 2.35 bits per heavy atom. The molecule has 0 saturated carbocycles. The van der Waals surface area contributed by atoms with Gasteiger partial charge in [-0.05, 0) is 47.3 Å². The van der Waals surface area contributed by atoms with Gasteiger partial charge >= 0.3 is 0 Å². The first kappa shape index (κ1) is 11.3. The summed E-state index contributed by atoms with van der Waals surface area (Å²) in [6.07, 6.45) is 2.83. The number of halogens is 2. The maximum absolute atomic E-state index is 6.14. The molecule has 0 fully saturated rings. The first-order valence-corrected chi connectivity index (χ1v) is 6.62. The van der Waals surface area contributed by atoms with Crippen LogP contribution >= 0.6 is 27.5 Å². The zero-order valence-corrected chi connectivity index (χ0v) is 11.3. The van der Waals surface area contributed by atoms with Crippen molar-refractivity contribution >= 4 is 27.5 Å². The topological polar surface area (TPSA) is 57.0 Å². The Morgan fingerprint density at radius 3 is 3.06 bits per heavy atom.